The molecular weight excluding hydrogens is 551 g/mol. The van der Waals surface area contributed by atoms with Crippen LogP contribution in [0.3, 0.4) is 0 Å². The summed E-state index contributed by atoms with van der Waals surface area (Å²) in [5.41, 5.74) is 4.79. The highest BCUT2D eigenvalue weighted by atomic mass is 32.1. The Balaban J connectivity index is 1.17. The number of fused-ring (bicyclic) bond motifs is 1. The first-order valence-electron chi connectivity index (χ1n) is 13.9. The van der Waals surface area contributed by atoms with Crippen LogP contribution in [0.1, 0.15) is 16.1 Å². The Morgan fingerprint density at radius 1 is 0.976 bits per heavy atom. The molecule has 0 aliphatic carbocycles. The van der Waals surface area contributed by atoms with E-state index < -0.39 is 0 Å². The van der Waals surface area contributed by atoms with Crippen LogP contribution < -0.4 is 5.32 Å². The third-order valence-electron chi connectivity index (χ3n) is 7.29. The minimum absolute atomic E-state index is 0.238. The van der Waals surface area contributed by atoms with E-state index in [0.29, 0.717) is 16.9 Å². The Bertz CT molecular complexity index is 1700. The topological polar surface area (TPSA) is 83.5 Å². The number of benzene rings is 2. The number of carbonyl (C=O) groups is 1. The normalized spacial score (nSPS) is 14.3. The molecule has 1 saturated heterocycles. The Hall–Kier alpha value is -4.09. The van der Waals surface area contributed by atoms with Gasteiger partial charge in [-0.05, 0) is 48.0 Å². The number of halogens is 1. The van der Waals surface area contributed by atoms with E-state index in [2.05, 4.69) is 26.2 Å². The lowest BCUT2D eigenvalue weighted by Crippen LogP contribution is -2.46. The van der Waals surface area contributed by atoms with Gasteiger partial charge in [0.1, 0.15) is 26.9 Å². The van der Waals surface area contributed by atoms with E-state index in [-0.39, 0.29) is 17.4 Å². The molecule has 1 aliphatic rings. The quantitative estimate of drug-likeness (QED) is 0.243. The summed E-state index contributed by atoms with van der Waals surface area (Å²) in [7, 11) is 1.74. The maximum absolute atomic E-state index is 13.7. The van der Waals surface area contributed by atoms with E-state index in [1.54, 1.807) is 37.4 Å². The minimum atomic E-state index is -0.357. The highest BCUT2D eigenvalue weighted by Crippen LogP contribution is 2.34. The van der Waals surface area contributed by atoms with Crippen molar-refractivity contribution < 1.29 is 13.9 Å². The number of amides is 1. The molecule has 10 heteroatoms. The Kier molecular flexibility index (Phi) is 8.57. The molecular formula is C32H31FN6O2S. The van der Waals surface area contributed by atoms with Crippen LogP contribution in [0, 0.1) is 5.82 Å². The number of hydrogen-bond donors (Lipinski definition) is 1. The monoisotopic (exact) mass is 582 g/mol. The molecule has 0 unspecified atom stereocenters. The number of carbonyl (C=O) groups excluding carboxylic acids is 1. The molecule has 0 atom stereocenters. The van der Waals surface area contributed by atoms with Crippen LogP contribution >= 0.6 is 11.3 Å². The van der Waals surface area contributed by atoms with Gasteiger partial charge in [0.2, 0.25) is 0 Å². The molecule has 0 saturated carbocycles. The zero-order valence-electron chi connectivity index (χ0n) is 23.3. The van der Waals surface area contributed by atoms with Gasteiger partial charge in [-0.15, -0.1) is 0 Å². The summed E-state index contributed by atoms with van der Waals surface area (Å²) in [6, 6.07) is 21.0. The van der Waals surface area contributed by atoms with Crippen molar-refractivity contribution in [2.45, 2.75) is 6.54 Å². The molecule has 3 aromatic heterocycles. The van der Waals surface area contributed by atoms with Gasteiger partial charge >= 0.3 is 0 Å². The van der Waals surface area contributed by atoms with Crippen LogP contribution in [0.2, 0.25) is 0 Å². The van der Waals surface area contributed by atoms with E-state index in [1.807, 2.05) is 30.5 Å². The number of hydrogen-bond acceptors (Lipinski definition) is 8. The number of anilines is 1. The predicted molar refractivity (Wildman–Crippen MR) is 164 cm³/mol. The summed E-state index contributed by atoms with van der Waals surface area (Å²) in [5, 5.41) is 3.77. The van der Waals surface area contributed by atoms with Gasteiger partial charge in [0, 0.05) is 63.7 Å². The van der Waals surface area contributed by atoms with E-state index >= 15 is 0 Å². The molecule has 0 spiro atoms. The highest BCUT2D eigenvalue weighted by molar-refractivity contribution is 7.21. The number of para-hydroxylation sites is 1. The van der Waals surface area contributed by atoms with Crippen LogP contribution in [-0.4, -0.2) is 77.1 Å². The standard InChI is InChI=1S/C32H31FN6O2S/c1-41-17-16-38-12-14-39(15-13-38)21-22-18-29-32(34-20-22)42-31(37-29)25-8-2-3-9-27(25)36-30(40)28-11-5-10-26(35-28)23-6-4-7-24(33)19-23/h2-11,18-20H,12-17,21H2,1H3,(H,36,40). The SMILES string of the molecule is COCCN1CCN(Cc2cnc3sc(-c4ccccc4NC(=O)c4cccc(-c5cccc(F)c5)n4)nc3c2)CC1. The molecule has 6 rings (SSSR count). The molecule has 42 heavy (non-hydrogen) atoms. The van der Waals surface area contributed by atoms with Gasteiger partial charge in [-0.2, -0.15) is 0 Å². The van der Waals surface area contributed by atoms with Gasteiger partial charge in [0.25, 0.3) is 5.91 Å². The number of nitrogens with one attached hydrogen (secondary N) is 1. The number of aromatic nitrogens is 3. The number of nitrogens with zero attached hydrogens (tertiary/aromatic N) is 5. The van der Waals surface area contributed by atoms with E-state index in [1.165, 1.54) is 23.5 Å². The van der Waals surface area contributed by atoms with Crippen molar-refractivity contribution in [3.8, 4) is 21.8 Å². The summed E-state index contributed by atoms with van der Waals surface area (Å²) >= 11 is 1.49. The summed E-state index contributed by atoms with van der Waals surface area (Å²) in [5.74, 6) is -0.711. The number of piperazine rings is 1. The molecule has 1 aliphatic heterocycles. The smallest absolute Gasteiger partial charge is 0.274 e. The fourth-order valence-electron chi connectivity index (χ4n) is 5.05. The van der Waals surface area contributed by atoms with Crippen molar-refractivity contribution in [3.63, 3.8) is 0 Å². The number of methoxy groups -OCH3 is 1. The van der Waals surface area contributed by atoms with Gasteiger partial charge in [0.15, 0.2) is 0 Å². The lowest BCUT2D eigenvalue weighted by Gasteiger charge is -2.34. The molecule has 1 amide bonds. The van der Waals surface area contributed by atoms with Crippen molar-refractivity contribution in [2.24, 2.45) is 0 Å². The number of rotatable bonds is 9. The molecule has 2 aromatic carbocycles. The van der Waals surface area contributed by atoms with Crippen molar-refractivity contribution in [1.29, 1.82) is 0 Å². The molecule has 214 valence electrons. The van der Waals surface area contributed by atoms with Crippen molar-refractivity contribution >= 4 is 33.3 Å². The third kappa shape index (κ3) is 6.52. The lowest BCUT2D eigenvalue weighted by atomic mass is 10.1. The minimum Gasteiger partial charge on any atom is -0.383 e. The first-order chi connectivity index (χ1) is 20.6. The summed E-state index contributed by atoms with van der Waals surface area (Å²) < 4.78 is 18.9. The fourth-order valence-corrected chi connectivity index (χ4v) is 5.98. The molecule has 5 aromatic rings. The summed E-state index contributed by atoms with van der Waals surface area (Å²) in [6.07, 6.45) is 1.94. The van der Waals surface area contributed by atoms with Gasteiger partial charge in [0.05, 0.1) is 18.0 Å². The van der Waals surface area contributed by atoms with E-state index in [4.69, 9.17) is 14.7 Å². The largest absolute Gasteiger partial charge is 0.383 e. The molecule has 1 fully saturated rings. The maximum Gasteiger partial charge on any atom is 0.274 e. The van der Waals surface area contributed by atoms with E-state index in [0.717, 1.165) is 72.4 Å². The predicted octanol–water partition coefficient (Wildman–Crippen LogP) is 5.58. The second kappa shape index (κ2) is 12.8. The second-order valence-corrected chi connectivity index (χ2v) is 11.2. The number of pyridine rings is 2. The average molecular weight is 583 g/mol. The van der Waals surface area contributed by atoms with Gasteiger partial charge < -0.3 is 10.1 Å². The van der Waals surface area contributed by atoms with Crippen molar-refractivity contribution in [1.82, 2.24) is 24.8 Å². The third-order valence-corrected chi connectivity index (χ3v) is 8.31. The molecule has 8 nitrogen and oxygen atoms in total. The van der Waals surface area contributed by atoms with Crippen LogP contribution in [0.5, 0.6) is 0 Å². The Morgan fingerprint density at radius 3 is 2.62 bits per heavy atom. The second-order valence-electron chi connectivity index (χ2n) is 10.2. The van der Waals surface area contributed by atoms with Crippen LogP contribution in [0.4, 0.5) is 10.1 Å². The summed E-state index contributed by atoms with van der Waals surface area (Å²) in [6.45, 7) is 6.66. The van der Waals surface area contributed by atoms with Gasteiger partial charge in [-0.1, -0.05) is 41.7 Å². The molecule has 4 heterocycles. The number of thiazole rings is 1. The van der Waals surface area contributed by atoms with Gasteiger partial charge in [-0.25, -0.2) is 19.3 Å². The summed E-state index contributed by atoms with van der Waals surface area (Å²) in [4.78, 5) is 33.0. The fraction of sp³-hybridized carbons (Fsp3) is 0.250. The number of ether oxygens (including phenoxy) is 1. The van der Waals surface area contributed by atoms with E-state index in [9.17, 15) is 9.18 Å². The Morgan fingerprint density at radius 2 is 1.79 bits per heavy atom. The molecule has 1 N–H and O–H groups in total. The maximum atomic E-state index is 13.7. The highest BCUT2D eigenvalue weighted by Gasteiger charge is 2.19. The molecule has 0 radical (unpaired) electrons. The Labute approximate surface area is 247 Å². The first kappa shape index (κ1) is 28.0. The first-order valence-corrected chi connectivity index (χ1v) is 14.7. The average Bonchev–Trinajstić information content (AvgIpc) is 3.44. The van der Waals surface area contributed by atoms with Crippen LogP contribution in [-0.2, 0) is 11.3 Å². The van der Waals surface area contributed by atoms with Crippen LogP contribution in [0.15, 0.2) is 79.0 Å². The zero-order chi connectivity index (χ0) is 28.9. The van der Waals surface area contributed by atoms with Crippen LogP contribution in [0.25, 0.3) is 32.2 Å². The van der Waals surface area contributed by atoms with Gasteiger partial charge in [-0.3, -0.25) is 14.6 Å². The van der Waals surface area contributed by atoms with Crippen molar-refractivity contribution in [3.05, 3.63) is 96.1 Å². The van der Waals surface area contributed by atoms with Crippen molar-refractivity contribution in [2.75, 3.05) is 51.8 Å². The lowest BCUT2D eigenvalue weighted by molar-refractivity contribution is 0.0938. The zero-order valence-corrected chi connectivity index (χ0v) is 24.1. The molecule has 0 bridgehead atoms.